The summed E-state index contributed by atoms with van der Waals surface area (Å²) in [7, 11) is 0. The highest BCUT2D eigenvalue weighted by molar-refractivity contribution is 6.01. The molecule has 0 spiro atoms. The van der Waals surface area contributed by atoms with E-state index in [1.807, 2.05) is 0 Å². The highest BCUT2D eigenvalue weighted by atomic mass is 19.1. The fourth-order valence-corrected chi connectivity index (χ4v) is 3.59. The number of carboxylic acid groups (broad SMARTS) is 1. The zero-order valence-electron chi connectivity index (χ0n) is 14.3. The van der Waals surface area contributed by atoms with Crippen LogP contribution in [0.2, 0.25) is 0 Å². The van der Waals surface area contributed by atoms with E-state index >= 15 is 0 Å². The van der Waals surface area contributed by atoms with Crippen molar-refractivity contribution < 1.29 is 23.9 Å². The smallest absolute Gasteiger partial charge is 0.315 e. The average molecular weight is 363 g/mol. The van der Waals surface area contributed by atoms with Crippen LogP contribution in [0.3, 0.4) is 0 Å². The molecule has 1 aromatic rings. The van der Waals surface area contributed by atoms with Crippen LogP contribution in [0.15, 0.2) is 24.3 Å². The molecule has 1 aliphatic heterocycles. The van der Waals surface area contributed by atoms with Crippen LogP contribution in [-0.4, -0.2) is 41.6 Å². The molecule has 0 radical (unpaired) electrons. The van der Waals surface area contributed by atoms with Crippen molar-refractivity contribution >= 4 is 23.6 Å². The summed E-state index contributed by atoms with van der Waals surface area (Å²) in [5.74, 6) is -1.94. The number of anilines is 1. The maximum absolute atomic E-state index is 13.9. The molecule has 0 aromatic heterocycles. The van der Waals surface area contributed by atoms with Crippen molar-refractivity contribution in [2.75, 3.05) is 11.4 Å². The third-order valence-electron chi connectivity index (χ3n) is 5.07. The van der Waals surface area contributed by atoms with Crippen LogP contribution < -0.4 is 15.5 Å². The number of nitrogens with one attached hydrogen (secondary N) is 2. The van der Waals surface area contributed by atoms with Crippen molar-refractivity contribution in [3.05, 3.63) is 30.1 Å². The molecule has 3 amide bonds. The Balaban J connectivity index is 1.50. The number of carboxylic acids is 1. The second-order valence-electron chi connectivity index (χ2n) is 6.79. The minimum absolute atomic E-state index is 0.0928. The van der Waals surface area contributed by atoms with E-state index < -0.39 is 23.9 Å². The summed E-state index contributed by atoms with van der Waals surface area (Å²) in [6.45, 7) is 0.342. The minimum atomic E-state index is -0.794. The van der Waals surface area contributed by atoms with E-state index in [1.54, 1.807) is 12.1 Å². The van der Waals surface area contributed by atoms with Crippen molar-refractivity contribution in [3.8, 4) is 0 Å². The maximum atomic E-state index is 13.9. The molecule has 2 fully saturated rings. The highest BCUT2D eigenvalue weighted by Gasteiger charge is 2.35. The maximum Gasteiger partial charge on any atom is 0.315 e. The molecule has 3 N–H and O–H groups in total. The summed E-state index contributed by atoms with van der Waals surface area (Å²) in [6, 6.07) is 4.82. The zero-order valence-corrected chi connectivity index (χ0v) is 14.3. The summed E-state index contributed by atoms with van der Waals surface area (Å²) in [4.78, 5) is 36.9. The first kappa shape index (κ1) is 18.2. The van der Waals surface area contributed by atoms with Crippen molar-refractivity contribution in [2.24, 2.45) is 5.92 Å². The topological polar surface area (TPSA) is 98.7 Å². The number of benzene rings is 1. The van der Waals surface area contributed by atoms with Crippen molar-refractivity contribution in [1.29, 1.82) is 0 Å². The summed E-state index contributed by atoms with van der Waals surface area (Å²) in [5.41, 5.74) is 0.217. The van der Waals surface area contributed by atoms with Crippen LogP contribution in [0, 0.1) is 11.7 Å². The molecule has 8 heteroatoms. The first-order valence-electron chi connectivity index (χ1n) is 8.81. The lowest BCUT2D eigenvalue weighted by atomic mass is 9.86. The van der Waals surface area contributed by atoms with E-state index in [4.69, 9.17) is 5.11 Å². The Morgan fingerprint density at radius 2 is 1.77 bits per heavy atom. The van der Waals surface area contributed by atoms with Crippen LogP contribution >= 0.6 is 0 Å². The van der Waals surface area contributed by atoms with E-state index in [0.29, 0.717) is 38.6 Å². The second kappa shape index (κ2) is 7.72. The van der Waals surface area contributed by atoms with Gasteiger partial charge in [0.2, 0.25) is 5.91 Å². The molecule has 1 unspecified atom stereocenters. The van der Waals surface area contributed by atoms with E-state index in [9.17, 15) is 18.8 Å². The van der Waals surface area contributed by atoms with Crippen LogP contribution in [0.1, 0.15) is 32.1 Å². The largest absolute Gasteiger partial charge is 0.481 e. The normalized spacial score (nSPS) is 25.8. The fourth-order valence-electron chi connectivity index (χ4n) is 3.59. The second-order valence-corrected chi connectivity index (χ2v) is 6.79. The summed E-state index contributed by atoms with van der Waals surface area (Å²) >= 11 is 0. The van der Waals surface area contributed by atoms with Gasteiger partial charge in [-0.05, 0) is 44.2 Å². The molecule has 1 saturated carbocycles. The molecule has 1 saturated heterocycles. The number of amides is 3. The van der Waals surface area contributed by atoms with Crippen LogP contribution in [0.5, 0.6) is 0 Å². The quantitative estimate of drug-likeness (QED) is 0.760. The van der Waals surface area contributed by atoms with Gasteiger partial charge in [0.15, 0.2) is 0 Å². The molecular weight excluding hydrogens is 341 g/mol. The van der Waals surface area contributed by atoms with E-state index in [1.165, 1.54) is 17.0 Å². The van der Waals surface area contributed by atoms with Gasteiger partial charge in [-0.15, -0.1) is 0 Å². The Morgan fingerprint density at radius 1 is 1.08 bits per heavy atom. The van der Waals surface area contributed by atoms with Gasteiger partial charge < -0.3 is 20.6 Å². The Kier molecular flexibility index (Phi) is 5.39. The standard InChI is InChI=1S/C18H22FN3O4/c19-13-3-1-2-4-15(13)22-10-9-14(16(22)23)21-18(26)20-12-7-5-11(6-8-12)17(24)25/h1-4,11-12,14H,5-10H2,(H,24,25)(H2,20,21,26). The SMILES string of the molecule is O=C(NC1CCC(C(=O)O)CC1)NC1CCN(c2ccccc2F)C1=O. The Bertz CT molecular complexity index is 703. The molecule has 1 atom stereocenters. The van der Waals surface area contributed by atoms with Crippen molar-refractivity contribution in [2.45, 2.75) is 44.2 Å². The number of halogens is 1. The number of carbonyl (C=O) groups is 3. The van der Waals surface area contributed by atoms with E-state index in [-0.39, 0.29) is 23.6 Å². The first-order chi connectivity index (χ1) is 12.5. The number of hydrogen-bond acceptors (Lipinski definition) is 3. The lowest BCUT2D eigenvalue weighted by Gasteiger charge is -2.27. The van der Waals surface area contributed by atoms with Gasteiger partial charge in [-0.25, -0.2) is 9.18 Å². The first-order valence-corrected chi connectivity index (χ1v) is 8.81. The third kappa shape index (κ3) is 3.95. The van der Waals surface area contributed by atoms with Gasteiger partial charge in [0, 0.05) is 12.6 Å². The number of hydrogen-bond donors (Lipinski definition) is 3. The average Bonchev–Trinajstić information content (AvgIpc) is 2.96. The summed E-state index contributed by atoms with van der Waals surface area (Å²) in [5, 5.41) is 14.4. The number of rotatable bonds is 4. The van der Waals surface area contributed by atoms with Gasteiger partial charge in [0.05, 0.1) is 11.6 Å². The Morgan fingerprint density at radius 3 is 2.42 bits per heavy atom. The number of nitrogens with zero attached hydrogens (tertiary/aromatic N) is 1. The van der Waals surface area contributed by atoms with Gasteiger partial charge in [0.25, 0.3) is 0 Å². The Hall–Kier alpha value is -2.64. The number of carbonyl (C=O) groups excluding carboxylic acids is 2. The lowest BCUT2D eigenvalue weighted by Crippen LogP contribution is -2.49. The monoisotopic (exact) mass is 363 g/mol. The fraction of sp³-hybridized carbons (Fsp3) is 0.500. The van der Waals surface area contributed by atoms with Gasteiger partial charge >= 0.3 is 12.0 Å². The van der Waals surface area contributed by atoms with Crippen molar-refractivity contribution in [3.63, 3.8) is 0 Å². The predicted molar refractivity (Wildman–Crippen MR) is 92.2 cm³/mol. The Labute approximate surface area is 150 Å². The van der Waals surface area contributed by atoms with Crippen LogP contribution in [0.4, 0.5) is 14.9 Å². The lowest BCUT2D eigenvalue weighted by molar-refractivity contribution is -0.142. The predicted octanol–water partition coefficient (Wildman–Crippen LogP) is 1.87. The number of para-hydroxylation sites is 1. The molecule has 0 bridgehead atoms. The van der Waals surface area contributed by atoms with Gasteiger partial charge in [-0.2, -0.15) is 0 Å². The van der Waals surface area contributed by atoms with Gasteiger partial charge in [-0.3, -0.25) is 9.59 Å². The highest BCUT2D eigenvalue weighted by Crippen LogP contribution is 2.25. The molecule has 1 aliphatic carbocycles. The zero-order chi connectivity index (χ0) is 18.7. The summed E-state index contributed by atoms with van der Waals surface area (Å²) in [6.07, 6.45) is 2.68. The third-order valence-corrected chi connectivity index (χ3v) is 5.07. The molecule has 1 heterocycles. The molecule has 1 aromatic carbocycles. The van der Waals surface area contributed by atoms with Gasteiger partial charge in [-0.1, -0.05) is 12.1 Å². The van der Waals surface area contributed by atoms with Crippen LogP contribution in [-0.2, 0) is 9.59 Å². The van der Waals surface area contributed by atoms with Crippen LogP contribution in [0.25, 0.3) is 0 Å². The molecule has 26 heavy (non-hydrogen) atoms. The molecule has 7 nitrogen and oxygen atoms in total. The number of urea groups is 1. The molecule has 140 valence electrons. The van der Waals surface area contributed by atoms with Gasteiger partial charge in [0.1, 0.15) is 11.9 Å². The molecule has 2 aliphatic rings. The minimum Gasteiger partial charge on any atom is -0.481 e. The van der Waals surface area contributed by atoms with E-state index in [0.717, 1.165) is 0 Å². The van der Waals surface area contributed by atoms with E-state index in [2.05, 4.69) is 10.6 Å². The van der Waals surface area contributed by atoms with Crippen molar-refractivity contribution in [1.82, 2.24) is 10.6 Å². The molecule has 3 rings (SSSR count). The number of aliphatic carboxylic acids is 1. The summed E-state index contributed by atoms with van der Waals surface area (Å²) < 4.78 is 13.9. The molecular formula is C18H22FN3O4.